The van der Waals surface area contributed by atoms with E-state index in [1.165, 1.54) is 0 Å². The van der Waals surface area contributed by atoms with Gasteiger partial charge in [0.15, 0.2) is 0 Å². The minimum atomic E-state index is -1.09. The van der Waals surface area contributed by atoms with Crippen molar-refractivity contribution in [3.8, 4) is 6.07 Å². The van der Waals surface area contributed by atoms with Crippen LogP contribution in [0.2, 0.25) is 0 Å². The number of carbonyl (C=O) groups excluding carboxylic acids is 1. The van der Waals surface area contributed by atoms with E-state index in [0.29, 0.717) is 18.7 Å². The average molecular weight is 286 g/mol. The first-order valence-corrected chi connectivity index (χ1v) is 7.12. The molecule has 1 N–H and O–H groups in total. The summed E-state index contributed by atoms with van der Waals surface area (Å²) in [7, 11) is 0. The third kappa shape index (κ3) is 3.82. The van der Waals surface area contributed by atoms with E-state index in [9.17, 15) is 14.7 Å². The van der Waals surface area contributed by atoms with E-state index in [1.807, 2.05) is 6.07 Å². The molecule has 110 valence electrons. The van der Waals surface area contributed by atoms with Gasteiger partial charge in [0.25, 0.3) is 0 Å². The highest BCUT2D eigenvalue weighted by atomic mass is 16.4. The normalized spacial score (nSPS) is 16.0. The van der Waals surface area contributed by atoms with Gasteiger partial charge in [-0.1, -0.05) is 12.1 Å². The van der Waals surface area contributed by atoms with E-state index in [-0.39, 0.29) is 12.3 Å². The van der Waals surface area contributed by atoms with Gasteiger partial charge in [0.05, 0.1) is 11.6 Å². The number of carboxylic acids is 1. The number of aliphatic carboxylic acids is 1. The number of piperidine rings is 1. The first-order chi connectivity index (χ1) is 10.1. The van der Waals surface area contributed by atoms with Crippen molar-refractivity contribution >= 4 is 11.9 Å². The molecule has 1 heterocycles. The number of nitrogens with zero attached hydrogens (tertiary/aromatic N) is 2. The molecule has 1 amide bonds. The lowest BCUT2D eigenvalue weighted by atomic mass is 9.96. The number of hydrogen-bond donors (Lipinski definition) is 1. The molecule has 1 aliphatic rings. The molecule has 0 unspecified atom stereocenters. The summed E-state index contributed by atoms with van der Waals surface area (Å²) < 4.78 is 0. The maximum atomic E-state index is 12.4. The van der Waals surface area contributed by atoms with Crippen LogP contribution in [0.1, 0.15) is 30.4 Å². The van der Waals surface area contributed by atoms with E-state index in [1.54, 1.807) is 29.2 Å². The number of rotatable bonds is 4. The Bertz CT molecular complexity index is 554. The summed E-state index contributed by atoms with van der Waals surface area (Å²) in [6.07, 6.45) is 3.14. The lowest BCUT2D eigenvalue weighted by Gasteiger charge is -2.29. The van der Waals surface area contributed by atoms with Crippen LogP contribution < -0.4 is 0 Å². The molecule has 1 aromatic rings. The first-order valence-electron chi connectivity index (χ1n) is 7.12. The second-order valence-corrected chi connectivity index (χ2v) is 5.29. The highest BCUT2D eigenvalue weighted by molar-refractivity contribution is 5.97. The molecular weight excluding hydrogens is 268 g/mol. The van der Waals surface area contributed by atoms with E-state index in [4.69, 9.17) is 5.26 Å². The number of amides is 1. The van der Waals surface area contributed by atoms with Crippen LogP contribution in [0.4, 0.5) is 0 Å². The Morgan fingerprint density at radius 1 is 1.19 bits per heavy atom. The van der Waals surface area contributed by atoms with E-state index < -0.39 is 11.9 Å². The quantitative estimate of drug-likeness (QED) is 0.856. The van der Waals surface area contributed by atoms with Crippen molar-refractivity contribution in [2.45, 2.75) is 25.7 Å². The predicted octanol–water partition coefficient (Wildman–Crippen LogP) is 1.81. The molecule has 0 aromatic heterocycles. The first kappa shape index (κ1) is 15.0. The molecule has 21 heavy (non-hydrogen) atoms. The van der Waals surface area contributed by atoms with Gasteiger partial charge in [0.2, 0.25) is 5.91 Å². The van der Waals surface area contributed by atoms with Crippen molar-refractivity contribution in [3.05, 3.63) is 35.4 Å². The fraction of sp³-hybridized carbons (Fsp3) is 0.438. The third-order valence-corrected chi connectivity index (χ3v) is 3.79. The zero-order valence-electron chi connectivity index (χ0n) is 11.8. The summed E-state index contributed by atoms with van der Waals surface area (Å²) >= 11 is 0. The summed E-state index contributed by atoms with van der Waals surface area (Å²) in [4.78, 5) is 25.4. The monoisotopic (exact) mass is 286 g/mol. The van der Waals surface area contributed by atoms with Gasteiger partial charge < -0.3 is 10.0 Å². The smallest absolute Gasteiger partial charge is 0.316 e. The summed E-state index contributed by atoms with van der Waals surface area (Å²) in [5.41, 5.74) is 1.28. The zero-order valence-corrected chi connectivity index (χ0v) is 11.8. The predicted molar refractivity (Wildman–Crippen MR) is 76.4 cm³/mol. The molecule has 1 aliphatic heterocycles. The van der Waals surface area contributed by atoms with Crippen molar-refractivity contribution in [1.82, 2.24) is 4.90 Å². The van der Waals surface area contributed by atoms with Crippen molar-refractivity contribution in [1.29, 1.82) is 5.26 Å². The maximum absolute atomic E-state index is 12.4. The SMILES string of the molecule is N#Cc1ccc(C[C@@H](C(=O)O)C(=O)N2CCCCC2)cc1. The van der Waals surface area contributed by atoms with E-state index in [2.05, 4.69) is 0 Å². The van der Waals surface area contributed by atoms with Crippen LogP contribution >= 0.6 is 0 Å². The van der Waals surface area contributed by atoms with E-state index >= 15 is 0 Å². The fourth-order valence-electron chi connectivity index (χ4n) is 2.57. The molecule has 1 atom stereocenters. The second-order valence-electron chi connectivity index (χ2n) is 5.29. The standard InChI is InChI=1S/C16H18N2O3/c17-11-13-6-4-12(5-7-13)10-14(16(20)21)15(19)18-8-2-1-3-9-18/h4-7,14H,1-3,8-10H2,(H,20,21)/t14-/m1/s1. The molecule has 1 aromatic carbocycles. The Kier molecular flexibility index (Phi) is 4.94. The highest BCUT2D eigenvalue weighted by Gasteiger charge is 2.31. The van der Waals surface area contributed by atoms with Crippen LogP contribution in [0.5, 0.6) is 0 Å². The van der Waals surface area contributed by atoms with Crippen LogP contribution in [-0.2, 0) is 16.0 Å². The van der Waals surface area contributed by atoms with Gasteiger partial charge >= 0.3 is 5.97 Å². The fourth-order valence-corrected chi connectivity index (χ4v) is 2.57. The van der Waals surface area contributed by atoms with Gasteiger partial charge in [0.1, 0.15) is 5.92 Å². The minimum absolute atomic E-state index is 0.163. The molecule has 1 saturated heterocycles. The van der Waals surface area contributed by atoms with Gasteiger partial charge in [-0.05, 0) is 43.4 Å². The van der Waals surface area contributed by atoms with Gasteiger partial charge in [-0.3, -0.25) is 9.59 Å². The number of benzene rings is 1. The summed E-state index contributed by atoms with van der Waals surface area (Å²) in [5, 5.41) is 18.1. The third-order valence-electron chi connectivity index (χ3n) is 3.79. The van der Waals surface area contributed by atoms with Crippen LogP contribution in [0.15, 0.2) is 24.3 Å². The second kappa shape index (κ2) is 6.89. The van der Waals surface area contributed by atoms with Gasteiger partial charge in [0, 0.05) is 13.1 Å². The zero-order chi connectivity index (χ0) is 15.2. The summed E-state index contributed by atoms with van der Waals surface area (Å²) in [6.45, 7) is 1.30. The summed E-state index contributed by atoms with van der Waals surface area (Å²) in [6, 6.07) is 8.70. The van der Waals surface area contributed by atoms with Crippen LogP contribution in [0, 0.1) is 17.2 Å². The number of hydrogen-bond acceptors (Lipinski definition) is 3. The largest absolute Gasteiger partial charge is 0.481 e. The van der Waals surface area contributed by atoms with Crippen molar-refractivity contribution in [2.75, 3.05) is 13.1 Å². The molecule has 0 aliphatic carbocycles. The Hall–Kier alpha value is -2.35. The average Bonchev–Trinajstić information content (AvgIpc) is 2.53. The number of carbonyl (C=O) groups is 2. The molecular formula is C16H18N2O3. The molecule has 5 heteroatoms. The molecule has 0 bridgehead atoms. The molecule has 5 nitrogen and oxygen atoms in total. The van der Waals surface area contributed by atoms with Crippen molar-refractivity contribution in [3.63, 3.8) is 0 Å². The number of carboxylic acid groups (broad SMARTS) is 1. The highest BCUT2D eigenvalue weighted by Crippen LogP contribution is 2.17. The molecule has 0 radical (unpaired) electrons. The molecule has 0 saturated carbocycles. The minimum Gasteiger partial charge on any atom is -0.481 e. The summed E-state index contributed by atoms with van der Waals surface area (Å²) in [5.74, 6) is -2.43. The van der Waals surface area contributed by atoms with Crippen molar-refractivity contribution < 1.29 is 14.7 Å². The maximum Gasteiger partial charge on any atom is 0.316 e. The Morgan fingerprint density at radius 3 is 2.33 bits per heavy atom. The number of nitriles is 1. The lowest BCUT2D eigenvalue weighted by Crippen LogP contribution is -2.43. The molecule has 2 rings (SSSR count). The van der Waals surface area contributed by atoms with Gasteiger partial charge in [-0.2, -0.15) is 5.26 Å². The lowest BCUT2D eigenvalue weighted by molar-refractivity contribution is -0.151. The Balaban J connectivity index is 2.09. The van der Waals surface area contributed by atoms with Gasteiger partial charge in [-0.15, -0.1) is 0 Å². The molecule has 1 fully saturated rings. The Labute approximate surface area is 123 Å². The van der Waals surface area contributed by atoms with E-state index in [0.717, 1.165) is 24.8 Å². The number of likely N-dealkylation sites (tertiary alicyclic amines) is 1. The van der Waals surface area contributed by atoms with Crippen LogP contribution in [0.25, 0.3) is 0 Å². The molecule has 0 spiro atoms. The van der Waals surface area contributed by atoms with Crippen LogP contribution in [0.3, 0.4) is 0 Å². The Morgan fingerprint density at radius 2 is 1.81 bits per heavy atom. The topological polar surface area (TPSA) is 81.4 Å². The van der Waals surface area contributed by atoms with Crippen LogP contribution in [-0.4, -0.2) is 35.0 Å². The van der Waals surface area contributed by atoms with Crippen molar-refractivity contribution in [2.24, 2.45) is 5.92 Å². The van der Waals surface area contributed by atoms with Gasteiger partial charge in [-0.25, -0.2) is 0 Å².